The third-order valence-corrected chi connectivity index (χ3v) is 4.66. The molecule has 1 aromatic heterocycles. The van der Waals surface area contributed by atoms with E-state index in [1.807, 2.05) is 12.1 Å². The van der Waals surface area contributed by atoms with Gasteiger partial charge in [0, 0.05) is 17.5 Å². The molecule has 116 valence electrons. The number of ether oxygens (including phenoxy) is 1. The highest BCUT2D eigenvalue weighted by Gasteiger charge is 2.30. The zero-order chi connectivity index (χ0) is 15.7. The van der Waals surface area contributed by atoms with Gasteiger partial charge in [0.25, 0.3) is 0 Å². The maximum atomic E-state index is 13.6. The quantitative estimate of drug-likeness (QED) is 0.837. The summed E-state index contributed by atoms with van der Waals surface area (Å²) in [6.45, 7) is 0. The average Bonchev–Trinajstić information content (AvgIpc) is 2.96. The van der Waals surface area contributed by atoms with Gasteiger partial charge < -0.3 is 10.1 Å². The minimum absolute atomic E-state index is 0.0450. The fourth-order valence-electron chi connectivity index (χ4n) is 2.90. The summed E-state index contributed by atoms with van der Waals surface area (Å²) < 4.78 is 18.8. The third kappa shape index (κ3) is 3.06. The zero-order valence-corrected chi connectivity index (χ0v) is 13.7. The van der Waals surface area contributed by atoms with E-state index in [2.05, 4.69) is 26.2 Å². The van der Waals surface area contributed by atoms with E-state index in [9.17, 15) is 9.18 Å². The fourth-order valence-corrected chi connectivity index (χ4v) is 3.26. The maximum absolute atomic E-state index is 13.6. The molecule has 1 fully saturated rings. The number of carbonyl (C=O) groups excluding carboxylic acids is 1. The summed E-state index contributed by atoms with van der Waals surface area (Å²) in [4.78, 5) is 16.0. The summed E-state index contributed by atoms with van der Waals surface area (Å²) in [6.07, 6.45) is 2.45. The standard InChI is InChI=1S/C16H16BrFN2O2/c1-22-16(21)10-2-4-11(6-10)19-15-5-3-9-7-12(17)13(18)8-14(9)20-15/h3,5,7-8,10-11H,2,4,6H2,1H3,(H,19,20)/t10-,11+/m0/s1. The van der Waals surface area contributed by atoms with Crippen molar-refractivity contribution in [3.05, 3.63) is 34.6 Å². The van der Waals surface area contributed by atoms with Crippen LogP contribution in [0.25, 0.3) is 10.9 Å². The number of fused-ring (bicyclic) bond motifs is 1. The van der Waals surface area contributed by atoms with Crippen molar-refractivity contribution in [3.63, 3.8) is 0 Å². The average molecular weight is 367 g/mol. The normalized spacial score (nSPS) is 21.0. The van der Waals surface area contributed by atoms with Crippen LogP contribution in [0, 0.1) is 11.7 Å². The summed E-state index contributed by atoms with van der Waals surface area (Å²) in [5, 5.41) is 4.20. The van der Waals surface area contributed by atoms with E-state index in [1.165, 1.54) is 13.2 Å². The van der Waals surface area contributed by atoms with Crippen LogP contribution < -0.4 is 5.32 Å². The molecule has 1 aliphatic carbocycles. The molecule has 0 aliphatic heterocycles. The number of esters is 1. The Kier molecular flexibility index (Phi) is 4.29. The SMILES string of the molecule is COC(=O)[C@H]1CC[C@@H](Nc2ccc3cc(Br)c(F)cc3n2)C1. The van der Waals surface area contributed by atoms with Crippen LogP contribution in [0.15, 0.2) is 28.7 Å². The van der Waals surface area contributed by atoms with Gasteiger partial charge in [0.05, 0.1) is 23.0 Å². The molecule has 1 aromatic carbocycles. The number of hydrogen-bond donors (Lipinski definition) is 1. The second-order valence-electron chi connectivity index (χ2n) is 5.53. The number of halogens is 2. The van der Waals surface area contributed by atoms with Crippen molar-refractivity contribution in [2.45, 2.75) is 25.3 Å². The predicted molar refractivity (Wildman–Crippen MR) is 86.2 cm³/mol. The molecular formula is C16H16BrFN2O2. The lowest BCUT2D eigenvalue weighted by Crippen LogP contribution is -2.19. The van der Waals surface area contributed by atoms with Crippen molar-refractivity contribution >= 4 is 38.6 Å². The molecule has 1 saturated carbocycles. The van der Waals surface area contributed by atoms with Crippen molar-refractivity contribution in [3.8, 4) is 0 Å². The van der Waals surface area contributed by atoms with E-state index in [0.717, 1.165) is 24.6 Å². The number of methoxy groups -OCH3 is 1. The van der Waals surface area contributed by atoms with Gasteiger partial charge in [0.15, 0.2) is 0 Å². The molecule has 0 radical (unpaired) electrons. The molecule has 2 aromatic rings. The van der Waals surface area contributed by atoms with Gasteiger partial charge in [-0.05, 0) is 53.4 Å². The van der Waals surface area contributed by atoms with Gasteiger partial charge in [-0.25, -0.2) is 9.37 Å². The van der Waals surface area contributed by atoms with Crippen LogP contribution in [-0.2, 0) is 9.53 Å². The Balaban J connectivity index is 1.75. The van der Waals surface area contributed by atoms with Crippen LogP contribution >= 0.6 is 15.9 Å². The second-order valence-corrected chi connectivity index (χ2v) is 6.38. The third-order valence-electron chi connectivity index (χ3n) is 4.05. The van der Waals surface area contributed by atoms with Crippen LogP contribution in [0.2, 0.25) is 0 Å². The molecule has 0 spiro atoms. The van der Waals surface area contributed by atoms with E-state index in [4.69, 9.17) is 4.74 Å². The topological polar surface area (TPSA) is 51.2 Å². The highest BCUT2D eigenvalue weighted by molar-refractivity contribution is 9.10. The molecule has 1 N–H and O–H groups in total. The Bertz CT molecular complexity index is 723. The summed E-state index contributed by atoms with van der Waals surface area (Å²) >= 11 is 3.17. The second kappa shape index (κ2) is 6.20. The largest absolute Gasteiger partial charge is 0.469 e. The Labute approximate surface area is 136 Å². The molecule has 1 aliphatic rings. The maximum Gasteiger partial charge on any atom is 0.308 e. The first kappa shape index (κ1) is 15.2. The molecule has 0 unspecified atom stereocenters. The summed E-state index contributed by atoms with van der Waals surface area (Å²) in [5.41, 5.74) is 0.605. The lowest BCUT2D eigenvalue weighted by molar-refractivity contribution is -0.145. The number of nitrogens with one attached hydrogen (secondary N) is 1. The molecule has 0 bridgehead atoms. The molecule has 22 heavy (non-hydrogen) atoms. The summed E-state index contributed by atoms with van der Waals surface area (Å²) in [6, 6.07) is 7.09. The van der Waals surface area contributed by atoms with Crippen LogP contribution in [-0.4, -0.2) is 24.1 Å². The van der Waals surface area contributed by atoms with Crippen molar-refractivity contribution in [2.75, 3.05) is 12.4 Å². The monoisotopic (exact) mass is 366 g/mol. The van der Waals surface area contributed by atoms with Crippen LogP contribution in [0.3, 0.4) is 0 Å². The van der Waals surface area contributed by atoms with E-state index >= 15 is 0 Å². The number of rotatable bonds is 3. The number of aromatic nitrogens is 1. The Hall–Kier alpha value is -1.69. The molecule has 0 saturated heterocycles. The summed E-state index contributed by atoms with van der Waals surface area (Å²) in [5.74, 6) is 0.174. The molecule has 0 amide bonds. The van der Waals surface area contributed by atoms with Gasteiger partial charge >= 0.3 is 5.97 Å². The Morgan fingerprint density at radius 1 is 1.41 bits per heavy atom. The fraction of sp³-hybridized carbons (Fsp3) is 0.375. The molecular weight excluding hydrogens is 351 g/mol. The van der Waals surface area contributed by atoms with Crippen molar-refractivity contribution in [1.82, 2.24) is 4.98 Å². The van der Waals surface area contributed by atoms with Crippen molar-refractivity contribution < 1.29 is 13.9 Å². The number of pyridine rings is 1. The molecule has 3 rings (SSSR count). The smallest absolute Gasteiger partial charge is 0.308 e. The summed E-state index contributed by atoms with van der Waals surface area (Å²) in [7, 11) is 1.42. The van der Waals surface area contributed by atoms with Gasteiger partial charge in [0.1, 0.15) is 11.6 Å². The van der Waals surface area contributed by atoms with E-state index in [-0.39, 0.29) is 23.7 Å². The molecule has 1 heterocycles. The van der Waals surface area contributed by atoms with Gasteiger partial charge in [0.2, 0.25) is 0 Å². The van der Waals surface area contributed by atoms with Crippen LogP contribution in [0.4, 0.5) is 10.2 Å². The zero-order valence-electron chi connectivity index (χ0n) is 12.1. The number of anilines is 1. The van der Waals surface area contributed by atoms with Crippen LogP contribution in [0.1, 0.15) is 19.3 Å². The van der Waals surface area contributed by atoms with E-state index < -0.39 is 0 Å². The number of carbonyl (C=O) groups is 1. The molecule has 6 heteroatoms. The first-order valence-electron chi connectivity index (χ1n) is 7.17. The number of hydrogen-bond acceptors (Lipinski definition) is 4. The van der Waals surface area contributed by atoms with Gasteiger partial charge in [-0.2, -0.15) is 0 Å². The lowest BCUT2D eigenvalue weighted by atomic mass is 10.1. The van der Waals surface area contributed by atoms with E-state index in [0.29, 0.717) is 15.8 Å². The first-order valence-corrected chi connectivity index (χ1v) is 7.96. The highest BCUT2D eigenvalue weighted by atomic mass is 79.9. The first-order chi connectivity index (χ1) is 10.6. The molecule has 2 atom stereocenters. The molecule has 4 nitrogen and oxygen atoms in total. The minimum Gasteiger partial charge on any atom is -0.469 e. The minimum atomic E-state index is -0.330. The van der Waals surface area contributed by atoms with Gasteiger partial charge in [-0.3, -0.25) is 4.79 Å². The number of nitrogens with zero attached hydrogens (tertiary/aromatic N) is 1. The number of benzene rings is 1. The van der Waals surface area contributed by atoms with Crippen LogP contribution in [0.5, 0.6) is 0 Å². The predicted octanol–water partition coefficient (Wildman–Crippen LogP) is 3.89. The van der Waals surface area contributed by atoms with Gasteiger partial charge in [-0.15, -0.1) is 0 Å². The Morgan fingerprint density at radius 2 is 2.23 bits per heavy atom. The Morgan fingerprint density at radius 3 is 3.00 bits per heavy atom. The van der Waals surface area contributed by atoms with Crippen molar-refractivity contribution in [1.29, 1.82) is 0 Å². The van der Waals surface area contributed by atoms with Crippen molar-refractivity contribution in [2.24, 2.45) is 5.92 Å². The van der Waals surface area contributed by atoms with Gasteiger partial charge in [-0.1, -0.05) is 0 Å². The lowest BCUT2D eigenvalue weighted by Gasteiger charge is -2.14. The van der Waals surface area contributed by atoms with E-state index in [1.54, 1.807) is 6.07 Å². The highest BCUT2D eigenvalue weighted by Crippen LogP contribution is 2.29.